The minimum absolute atomic E-state index is 0.0227. The zero-order chi connectivity index (χ0) is 32.8. The van der Waals surface area contributed by atoms with Gasteiger partial charge in [-0.15, -0.1) is 0 Å². The zero-order valence-electron chi connectivity index (χ0n) is 27.1. The van der Waals surface area contributed by atoms with Crippen molar-refractivity contribution in [3.05, 3.63) is 95.4 Å². The van der Waals surface area contributed by atoms with Gasteiger partial charge in [0.1, 0.15) is 23.2 Å². The molecule has 3 N–H and O–H groups in total. The van der Waals surface area contributed by atoms with Crippen LogP contribution in [-0.2, 0) is 17.8 Å². The topological polar surface area (TPSA) is 120 Å². The van der Waals surface area contributed by atoms with Gasteiger partial charge in [-0.2, -0.15) is 0 Å². The first-order valence-corrected chi connectivity index (χ1v) is 15.6. The predicted molar refractivity (Wildman–Crippen MR) is 179 cm³/mol. The minimum Gasteiger partial charge on any atom is -0.488 e. The molecule has 0 unspecified atom stereocenters. The summed E-state index contributed by atoms with van der Waals surface area (Å²) in [6, 6.07) is 23.5. The molecule has 1 aliphatic heterocycles. The number of fused-ring (bicyclic) bond motifs is 1. The fraction of sp³-hybridized carbons (Fsp3) is 0.361. The van der Waals surface area contributed by atoms with Crippen LogP contribution in [0, 0.1) is 19.8 Å². The first-order valence-electron chi connectivity index (χ1n) is 15.6. The molecule has 1 aromatic heterocycles. The summed E-state index contributed by atoms with van der Waals surface area (Å²) in [6.45, 7) is 9.06. The van der Waals surface area contributed by atoms with E-state index in [4.69, 9.17) is 9.26 Å². The molecule has 4 aromatic rings. The summed E-state index contributed by atoms with van der Waals surface area (Å²) in [4.78, 5) is 30.3. The van der Waals surface area contributed by atoms with Gasteiger partial charge < -0.3 is 29.9 Å². The van der Waals surface area contributed by atoms with Gasteiger partial charge in [-0.3, -0.25) is 9.69 Å². The molecule has 0 aliphatic carbocycles. The van der Waals surface area contributed by atoms with Crippen LogP contribution in [0.25, 0.3) is 11.1 Å². The van der Waals surface area contributed by atoms with Crippen LogP contribution in [0.2, 0.25) is 0 Å². The van der Waals surface area contributed by atoms with Gasteiger partial charge in [-0.1, -0.05) is 66.7 Å². The number of urea groups is 1. The molecule has 46 heavy (non-hydrogen) atoms. The highest BCUT2D eigenvalue weighted by molar-refractivity contribution is 6.00. The number of aromatic nitrogens is 1. The number of likely N-dealkylation sites (N-methyl/N-ethyl adjacent to an activating group) is 1. The van der Waals surface area contributed by atoms with Crippen molar-refractivity contribution in [2.24, 2.45) is 5.92 Å². The molecule has 0 bridgehead atoms. The van der Waals surface area contributed by atoms with Crippen molar-refractivity contribution in [1.82, 2.24) is 15.0 Å². The third-order valence-corrected chi connectivity index (χ3v) is 8.45. The van der Waals surface area contributed by atoms with Crippen molar-refractivity contribution < 1.29 is 24.0 Å². The summed E-state index contributed by atoms with van der Waals surface area (Å²) in [5.74, 6) is 0.975. The van der Waals surface area contributed by atoms with Crippen LogP contribution in [0.3, 0.4) is 0 Å². The average molecular weight is 626 g/mol. The van der Waals surface area contributed by atoms with E-state index in [2.05, 4.69) is 71.1 Å². The molecule has 1 aliphatic rings. The molecule has 3 aromatic carbocycles. The van der Waals surface area contributed by atoms with Crippen molar-refractivity contribution in [2.45, 2.75) is 52.8 Å². The Balaban J connectivity index is 1.33. The van der Waals surface area contributed by atoms with Crippen LogP contribution in [0.4, 0.5) is 16.2 Å². The molecular weight excluding hydrogens is 582 g/mol. The number of hydrogen-bond donors (Lipinski definition) is 3. The molecule has 10 nitrogen and oxygen atoms in total. The lowest BCUT2D eigenvalue weighted by Crippen LogP contribution is -2.47. The lowest BCUT2D eigenvalue weighted by atomic mass is 10.0. The highest BCUT2D eigenvalue weighted by Gasteiger charge is 2.31. The van der Waals surface area contributed by atoms with Crippen molar-refractivity contribution in [3.8, 4) is 16.9 Å². The van der Waals surface area contributed by atoms with Crippen LogP contribution in [0.15, 0.2) is 77.3 Å². The van der Waals surface area contributed by atoms with Gasteiger partial charge in [0.2, 0.25) is 5.91 Å². The van der Waals surface area contributed by atoms with E-state index in [1.54, 1.807) is 36.9 Å². The van der Waals surface area contributed by atoms with E-state index in [9.17, 15) is 14.7 Å². The van der Waals surface area contributed by atoms with E-state index < -0.39 is 6.03 Å². The van der Waals surface area contributed by atoms with Gasteiger partial charge in [0.15, 0.2) is 5.76 Å². The number of ether oxygens (including phenoxy) is 1. The predicted octanol–water partition coefficient (Wildman–Crippen LogP) is 5.88. The van der Waals surface area contributed by atoms with Crippen LogP contribution in [0.1, 0.15) is 36.4 Å². The molecular formula is C36H43N5O5. The second kappa shape index (κ2) is 14.6. The lowest BCUT2D eigenvalue weighted by Gasteiger charge is -2.34. The van der Waals surface area contributed by atoms with Crippen molar-refractivity contribution >= 4 is 23.3 Å². The van der Waals surface area contributed by atoms with Crippen LogP contribution >= 0.6 is 0 Å². The number of aliphatic hydroxyl groups excluding tert-OH is 1. The summed E-state index contributed by atoms with van der Waals surface area (Å²) in [5.41, 5.74) is 5.82. The Morgan fingerprint density at radius 3 is 2.46 bits per heavy atom. The number of anilines is 2. The number of aryl methyl sites for hydroxylation is 2. The Hall–Kier alpha value is -4.67. The highest BCUT2D eigenvalue weighted by atomic mass is 16.5. The molecule has 0 saturated heterocycles. The molecule has 0 fully saturated rings. The Labute approximate surface area is 270 Å². The van der Waals surface area contributed by atoms with E-state index in [1.807, 2.05) is 25.1 Å². The number of amides is 3. The first-order chi connectivity index (χ1) is 22.1. The van der Waals surface area contributed by atoms with E-state index in [1.165, 1.54) is 16.7 Å². The SMILES string of the molecule is Cc1noc(C)c1NC(=O)Nc1ccc2c(c1)CC(=O)N([C@@H](C)CO)C[C@H](C)[C@H](CN(C)Cc1ccc(-c3ccccc3)cc1)O2. The molecule has 3 atom stereocenters. The van der Waals surface area contributed by atoms with Crippen molar-refractivity contribution in [3.63, 3.8) is 0 Å². The second-order valence-corrected chi connectivity index (χ2v) is 12.2. The number of hydrogen-bond acceptors (Lipinski definition) is 7. The molecule has 10 heteroatoms. The largest absolute Gasteiger partial charge is 0.488 e. The molecule has 2 heterocycles. The Morgan fingerprint density at radius 1 is 1.07 bits per heavy atom. The first kappa shape index (κ1) is 32.7. The van der Waals surface area contributed by atoms with Crippen LogP contribution < -0.4 is 15.4 Å². The summed E-state index contributed by atoms with van der Waals surface area (Å²) in [7, 11) is 2.07. The van der Waals surface area contributed by atoms with E-state index in [0.717, 1.165) is 6.54 Å². The molecule has 0 spiro atoms. The monoisotopic (exact) mass is 625 g/mol. The number of rotatable bonds is 9. The van der Waals surface area contributed by atoms with Gasteiger partial charge in [-0.05, 0) is 62.7 Å². The minimum atomic E-state index is -0.454. The van der Waals surface area contributed by atoms with Gasteiger partial charge >= 0.3 is 6.03 Å². The summed E-state index contributed by atoms with van der Waals surface area (Å²) < 4.78 is 11.8. The molecule has 5 rings (SSSR count). The number of carbonyl (C=O) groups excluding carboxylic acids is 2. The Morgan fingerprint density at radius 2 is 1.78 bits per heavy atom. The molecule has 0 radical (unpaired) electrons. The number of aliphatic hydroxyl groups is 1. The smallest absolute Gasteiger partial charge is 0.323 e. The summed E-state index contributed by atoms with van der Waals surface area (Å²) in [6.07, 6.45) is -0.169. The number of carbonyl (C=O) groups is 2. The Kier molecular flexibility index (Phi) is 10.4. The fourth-order valence-electron chi connectivity index (χ4n) is 5.78. The summed E-state index contributed by atoms with van der Waals surface area (Å²) in [5, 5.41) is 19.5. The quantitative estimate of drug-likeness (QED) is 0.212. The van der Waals surface area contributed by atoms with Crippen LogP contribution in [-0.4, -0.2) is 70.9 Å². The fourth-order valence-corrected chi connectivity index (χ4v) is 5.78. The number of nitrogens with one attached hydrogen (secondary N) is 2. The molecule has 242 valence electrons. The third-order valence-electron chi connectivity index (χ3n) is 8.45. The zero-order valence-corrected chi connectivity index (χ0v) is 27.1. The summed E-state index contributed by atoms with van der Waals surface area (Å²) >= 11 is 0. The van der Waals surface area contributed by atoms with E-state index >= 15 is 0 Å². The highest BCUT2D eigenvalue weighted by Crippen LogP contribution is 2.30. The average Bonchev–Trinajstić information content (AvgIpc) is 3.38. The maximum Gasteiger partial charge on any atom is 0.323 e. The normalized spacial score (nSPS) is 17.4. The lowest BCUT2D eigenvalue weighted by molar-refractivity contribution is -0.134. The standard InChI is InChI=1S/C36H43N5O5/c1-23-19-41(24(2)22-42)34(43)18-30-17-31(37-36(44)38-35-25(3)39-46-26(35)4)15-16-32(30)45-33(23)21-40(5)20-27-11-13-29(14-12-27)28-9-7-6-8-10-28/h6-17,23-24,33,42H,18-22H2,1-5H3,(H2,37,38,44)/t23-,24-,33-/m0/s1. The molecule has 3 amide bonds. The maximum absolute atomic E-state index is 13.6. The second-order valence-electron chi connectivity index (χ2n) is 12.2. The van der Waals surface area contributed by atoms with Gasteiger partial charge in [-0.25, -0.2) is 4.79 Å². The van der Waals surface area contributed by atoms with E-state index in [0.29, 0.717) is 47.2 Å². The molecule has 0 saturated carbocycles. The van der Waals surface area contributed by atoms with Crippen LogP contribution in [0.5, 0.6) is 5.75 Å². The Bertz CT molecular complexity index is 1620. The number of benzene rings is 3. The third kappa shape index (κ3) is 7.94. The number of nitrogens with zero attached hydrogens (tertiary/aromatic N) is 3. The van der Waals surface area contributed by atoms with Gasteiger partial charge in [0, 0.05) is 36.8 Å². The maximum atomic E-state index is 13.6. The van der Waals surface area contributed by atoms with E-state index in [-0.39, 0.29) is 37.0 Å². The van der Waals surface area contributed by atoms with Crippen molar-refractivity contribution in [1.29, 1.82) is 0 Å². The van der Waals surface area contributed by atoms with Gasteiger partial charge in [0.25, 0.3) is 0 Å². The van der Waals surface area contributed by atoms with Gasteiger partial charge in [0.05, 0.1) is 19.1 Å². The van der Waals surface area contributed by atoms with Crippen molar-refractivity contribution in [2.75, 3.05) is 37.4 Å².